The number of nitrogens with zero attached hydrogens (tertiary/aromatic N) is 3. The van der Waals surface area contributed by atoms with E-state index in [0.29, 0.717) is 5.69 Å². The molecule has 118 valence electrons. The highest BCUT2D eigenvalue weighted by Crippen LogP contribution is 2.25. The molecule has 0 aromatic carbocycles. The van der Waals surface area contributed by atoms with Gasteiger partial charge in [0.05, 0.1) is 24.1 Å². The van der Waals surface area contributed by atoms with Crippen molar-refractivity contribution in [2.75, 3.05) is 0 Å². The normalized spacial score (nSPS) is 21.0. The molecule has 2 aromatic rings. The molecule has 7 nitrogen and oxygen atoms in total. The third-order valence-corrected chi connectivity index (χ3v) is 3.94. The molecule has 1 saturated carbocycles. The van der Waals surface area contributed by atoms with Gasteiger partial charge >= 0.3 is 0 Å². The molecule has 2 aromatic heterocycles. The zero-order valence-electron chi connectivity index (χ0n) is 12.8. The second-order valence-electron chi connectivity index (χ2n) is 5.47. The van der Waals surface area contributed by atoms with Gasteiger partial charge in [0.25, 0.3) is 5.91 Å². The first kappa shape index (κ1) is 14.6. The number of hydrogen-bond donors (Lipinski definition) is 1. The van der Waals surface area contributed by atoms with E-state index in [9.17, 15) is 4.79 Å². The van der Waals surface area contributed by atoms with Crippen LogP contribution < -0.4 is 10.1 Å². The Morgan fingerprint density at radius 3 is 3.09 bits per heavy atom. The zero-order valence-corrected chi connectivity index (χ0v) is 12.8. The molecule has 1 aliphatic carbocycles. The summed E-state index contributed by atoms with van der Waals surface area (Å²) in [7, 11) is 0. The molecular formula is C15H20N4O3. The molecule has 0 bridgehead atoms. The number of oxazole rings is 1. The van der Waals surface area contributed by atoms with Crippen LogP contribution in [0.1, 0.15) is 42.4 Å². The highest BCUT2D eigenvalue weighted by atomic mass is 16.5. The number of ether oxygens (including phenoxy) is 1. The minimum Gasteiger partial charge on any atom is -0.485 e. The van der Waals surface area contributed by atoms with E-state index in [1.54, 1.807) is 13.1 Å². The SMILES string of the molecule is CCn1cc(O[C@@H]2CCC[C@@H]2NC(=O)c2ocnc2C)cn1. The van der Waals surface area contributed by atoms with E-state index >= 15 is 0 Å². The molecule has 1 N–H and O–H groups in total. The standard InChI is InChI=1S/C15H20N4O3/c1-3-19-8-11(7-17-19)22-13-6-4-5-12(13)18-15(20)14-10(2)16-9-21-14/h7-9,12-13H,3-6H2,1-2H3,(H,18,20)/t12-,13+/m0/s1. The number of aryl methyl sites for hydroxylation is 2. The first-order valence-electron chi connectivity index (χ1n) is 7.57. The topological polar surface area (TPSA) is 82.2 Å². The fourth-order valence-electron chi connectivity index (χ4n) is 2.74. The number of aromatic nitrogens is 3. The molecule has 7 heteroatoms. The van der Waals surface area contributed by atoms with Crippen molar-refractivity contribution in [1.82, 2.24) is 20.1 Å². The molecular weight excluding hydrogens is 284 g/mol. The summed E-state index contributed by atoms with van der Waals surface area (Å²) in [6.45, 7) is 4.58. The maximum Gasteiger partial charge on any atom is 0.289 e. The number of carbonyl (C=O) groups excluding carboxylic acids is 1. The van der Waals surface area contributed by atoms with Crippen molar-refractivity contribution in [1.29, 1.82) is 0 Å². The summed E-state index contributed by atoms with van der Waals surface area (Å²) < 4.78 is 12.9. The van der Waals surface area contributed by atoms with Crippen LogP contribution in [0, 0.1) is 6.92 Å². The summed E-state index contributed by atoms with van der Waals surface area (Å²) in [6.07, 6.45) is 7.66. The highest BCUT2D eigenvalue weighted by molar-refractivity contribution is 5.92. The Hall–Kier alpha value is -2.31. The van der Waals surface area contributed by atoms with Crippen LogP contribution in [0.2, 0.25) is 0 Å². The summed E-state index contributed by atoms with van der Waals surface area (Å²) in [5.74, 6) is 0.771. The quantitative estimate of drug-likeness (QED) is 0.912. The molecule has 0 aliphatic heterocycles. The second kappa shape index (κ2) is 6.21. The van der Waals surface area contributed by atoms with E-state index in [0.717, 1.165) is 31.6 Å². The number of rotatable bonds is 5. The lowest BCUT2D eigenvalue weighted by atomic mass is 10.2. The molecule has 0 radical (unpaired) electrons. The molecule has 0 saturated heterocycles. The van der Waals surface area contributed by atoms with E-state index in [4.69, 9.17) is 9.15 Å². The first-order valence-corrected chi connectivity index (χ1v) is 7.57. The Morgan fingerprint density at radius 1 is 1.55 bits per heavy atom. The van der Waals surface area contributed by atoms with Gasteiger partial charge in [-0.25, -0.2) is 4.98 Å². The van der Waals surface area contributed by atoms with Crippen LogP contribution in [0.3, 0.4) is 0 Å². The Morgan fingerprint density at radius 2 is 2.41 bits per heavy atom. The van der Waals surface area contributed by atoms with E-state index in [1.807, 2.05) is 17.8 Å². The summed E-state index contributed by atoms with van der Waals surface area (Å²) in [4.78, 5) is 16.2. The molecule has 22 heavy (non-hydrogen) atoms. The fraction of sp³-hybridized carbons (Fsp3) is 0.533. The van der Waals surface area contributed by atoms with Crippen molar-refractivity contribution in [2.45, 2.75) is 51.8 Å². The largest absolute Gasteiger partial charge is 0.485 e. The number of nitrogens with one attached hydrogen (secondary N) is 1. The van der Waals surface area contributed by atoms with E-state index in [2.05, 4.69) is 15.4 Å². The maximum atomic E-state index is 12.2. The van der Waals surface area contributed by atoms with Crippen molar-refractivity contribution >= 4 is 5.91 Å². The average Bonchev–Trinajstić information content (AvgIpc) is 3.22. The van der Waals surface area contributed by atoms with Crippen LogP contribution >= 0.6 is 0 Å². The lowest BCUT2D eigenvalue weighted by Gasteiger charge is -2.21. The summed E-state index contributed by atoms with van der Waals surface area (Å²) in [5, 5.41) is 7.18. The fourth-order valence-corrected chi connectivity index (χ4v) is 2.74. The van der Waals surface area contributed by atoms with Crippen LogP contribution in [0.4, 0.5) is 0 Å². The number of carbonyl (C=O) groups is 1. The van der Waals surface area contributed by atoms with Crippen molar-refractivity contribution in [3.05, 3.63) is 30.2 Å². The Kier molecular flexibility index (Phi) is 4.13. The Balaban J connectivity index is 1.63. The Labute approximate surface area is 128 Å². The summed E-state index contributed by atoms with van der Waals surface area (Å²) in [5.41, 5.74) is 0.595. The van der Waals surface area contributed by atoms with Gasteiger partial charge in [-0.05, 0) is 33.1 Å². The minimum absolute atomic E-state index is 0.0259. The molecule has 2 atom stereocenters. The van der Waals surface area contributed by atoms with Gasteiger partial charge in [-0.1, -0.05) is 0 Å². The maximum absolute atomic E-state index is 12.2. The smallest absolute Gasteiger partial charge is 0.289 e. The molecule has 1 fully saturated rings. The van der Waals surface area contributed by atoms with E-state index in [-0.39, 0.29) is 23.8 Å². The van der Waals surface area contributed by atoms with Crippen molar-refractivity contribution in [3.63, 3.8) is 0 Å². The molecule has 0 unspecified atom stereocenters. The third-order valence-electron chi connectivity index (χ3n) is 3.94. The van der Waals surface area contributed by atoms with E-state index in [1.165, 1.54) is 6.39 Å². The van der Waals surface area contributed by atoms with Crippen LogP contribution in [0.25, 0.3) is 0 Å². The highest BCUT2D eigenvalue weighted by Gasteiger charge is 2.31. The number of hydrogen-bond acceptors (Lipinski definition) is 5. The van der Waals surface area contributed by atoms with Crippen molar-refractivity contribution in [3.8, 4) is 5.75 Å². The lowest BCUT2D eigenvalue weighted by molar-refractivity contribution is 0.0865. The lowest BCUT2D eigenvalue weighted by Crippen LogP contribution is -2.42. The van der Waals surface area contributed by atoms with Gasteiger partial charge in [0.1, 0.15) is 6.10 Å². The van der Waals surface area contributed by atoms with Gasteiger partial charge in [-0.3, -0.25) is 9.48 Å². The van der Waals surface area contributed by atoms with Gasteiger partial charge in [-0.15, -0.1) is 0 Å². The van der Waals surface area contributed by atoms with Crippen LogP contribution in [-0.2, 0) is 6.54 Å². The average molecular weight is 304 g/mol. The molecule has 1 aliphatic rings. The monoisotopic (exact) mass is 304 g/mol. The molecule has 0 spiro atoms. The van der Waals surface area contributed by atoms with Crippen molar-refractivity contribution < 1.29 is 13.9 Å². The van der Waals surface area contributed by atoms with Crippen LogP contribution in [0.15, 0.2) is 23.2 Å². The third kappa shape index (κ3) is 2.98. The summed E-state index contributed by atoms with van der Waals surface area (Å²) >= 11 is 0. The van der Waals surface area contributed by atoms with Crippen LogP contribution in [0.5, 0.6) is 5.75 Å². The van der Waals surface area contributed by atoms with Gasteiger partial charge in [0.15, 0.2) is 12.1 Å². The van der Waals surface area contributed by atoms with Gasteiger partial charge in [0, 0.05) is 6.54 Å². The van der Waals surface area contributed by atoms with E-state index < -0.39 is 0 Å². The second-order valence-corrected chi connectivity index (χ2v) is 5.47. The molecule has 3 rings (SSSR count). The number of amides is 1. The Bertz CT molecular complexity index is 649. The zero-order chi connectivity index (χ0) is 15.5. The molecule has 1 amide bonds. The van der Waals surface area contributed by atoms with Gasteiger partial charge in [-0.2, -0.15) is 5.10 Å². The minimum atomic E-state index is -0.236. The summed E-state index contributed by atoms with van der Waals surface area (Å²) in [6, 6.07) is -0.0259. The van der Waals surface area contributed by atoms with Gasteiger partial charge in [0.2, 0.25) is 5.76 Å². The van der Waals surface area contributed by atoms with Crippen LogP contribution in [-0.4, -0.2) is 32.8 Å². The van der Waals surface area contributed by atoms with Gasteiger partial charge < -0.3 is 14.5 Å². The molecule has 2 heterocycles. The predicted molar refractivity (Wildman–Crippen MR) is 78.7 cm³/mol. The predicted octanol–water partition coefficient (Wildman–Crippen LogP) is 1.93. The first-order chi connectivity index (χ1) is 10.7. The van der Waals surface area contributed by atoms with Crippen molar-refractivity contribution in [2.24, 2.45) is 0 Å².